The molecule has 0 nitrogen and oxygen atoms in total. The number of unbranched alkanes of at least 4 members (excludes halogenated alkanes) is 1. The highest BCUT2D eigenvalue weighted by atomic mass is 19.2. The topological polar surface area (TPSA) is 0 Å². The molecule has 1 aromatic carbocycles. The molecule has 0 spiro atoms. The van der Waals surface area contributed by atoms with E-state index in [9.17, 15) is 17.6 Å². The van der Waals surface area contributed by atoms with Gasteiger partial charge in [0.15, 0.2) is 23.3 Å². The van der Waals surface area contributed by atoms with E-state index in [1.807, 2.05) is 6.92 Å². The molecule has 0 fully saturated rings. The first kappa shape index (κ1) is 15.7. The van der Waals surface area contributed by atoms with Crippen molar-refractivity contribution in [2.24, 2.45) is 5.41 Å². The van der Waals surface area contributed by atoms with Gasteiger partial charge in [-0.05, 0) is 17.4 Å². The highest BCUT2D eigenvalue weighted by Crippen LogP contribution is 2.40. The van der Waals surface area contributed by atoms with Crippen molar-refractivity contribution in [2.45, 2.75) is 40.0 Å². The summed E-state index contributed by atoms with van der Waals surface area (Å²) in [5.74, 6) is -5.57. The summed E-state index contributed by atoms with van der Waals surface area (Å²) in [6.45, 7) is 9.14. The predicted molar refractivity (Wildman–Crippen MR) is 68.6 cm³/mol. The van der Waals surface area contributed by atoms with Crippen LogP contribution in [0.15, 0.2) is 12.6 Å². The Bertz CT molecular complexity index is 463. The van der Waals surface area contributed by atoms with Gasteiger partial charge in [-0.2, -0.15) is 0 Å². The van der Waals surface area contributed by atoms with Gasteiger partial charge in [-0.3, -0.25) is 0 Å². The highest BCUT2D eigenvalue weighted by Gasteiger charge is 2.29. The lowest BCUT2D eigenvalue weighted by atomic mass is 9.77. The molecule has 0 aromatic heterocycles. The molecule has 0 amide bonds. The fourth-order valence-electron chi connectivity index (χ4n) is 1.95. The molecule has 0 atom stereocenters. The molecule has 0 N–H and O–H groups in total. The Kier molecular flexibility index (Phi) is 4.77. The van der Waals surface area contributed by atoms with E-state index < -0.39 is 34.2 Å². The highest BCUT2D eigenvalue weighted by molar-refractivity contribution is 5.68. The Morgan fingerprint density at radius 2 is 1.58 bits per heavy atom. The number of hydrogen-bond donors (Lipinski definition) is 0. The maximum Gasteiger partial charge on any atom is 0.169 e. The normalized spacial score (nSPS) is 11.7. The summed E-state index contributed by atoms with van der Waals surface area (Å²) in [6, 6.07) is 0.209. The zero-order chi connectivity index (χ0) is 14.8. The number of rotatable bonds is 5. The lowest BCUT2D eigenvalue weighted by molar-refractivity contribution is 0.416. The van der Waals surface area contributed by atoms with Crippen molar-refractivity contribution in [3.05, 3.63) is 41.5 Å². The number of hydrogen-bond acceptors (Lipinski definition) is 0. The van der Waals surface area contributed by atoms with Gasteiger partial charge in [0.1, 0.15) is 0 Å². The van der Waals surface area contributed by atoms with Gasteiger partial charge in [-0.25, -0.2) is 17.6 Å². The molecule has 0 unspecified atom stereocenters. The number of benzene rings is 1. The Labute approximate surface area is 111 Å². The van der Waals surface area contributed by atoms with E-state index >= 15 is 0 Å². The van der Waals surface area contributed by atoms with E-state index in [-0.39, 0.29) is 11.6 Å². The van der Waals surface area contributed by atoms with Crippen molar-refractivity contribution in [1.29, 1.82) is 0 Å². The molecule has 1 rings (SSSR count). The van der Waals surface area contributed by atoms with Crippen LogP contribution in [0.5, 0.6) is 0 Å². The van der Waals surface area contributed by atoms with Gasteiger partial charge in [0.05, 0.1) is 5.56 Å². The fraction of sp³-hybridized carbons (Fsp3) is 0.467. The third kappa shape index (κ3) is 3.17. The first-order chi connectivity index (χ1) is 8.72. The summed E-state index contributed by atoms with van der Waals surface area (Å²) in [4.78, 5) is 0. The third-order valence-electron chi connectivity index (χ3n) is 3.39. The van der Waals surface area contributed by atoms with Crippen molar-refractivity contribution >= 4 is 5.57 Å². The summed E-state index contributed by atoms with van der Waals surface area (Å²) in [5, 5.41) is 0. The van der Waals surface area contributed by atoms with Crippen LogP contribution in [0.1, 0.15) is 45.6 Å². The van der Waals surface area contributed by atoms with Gasteiger partial charge in [-0.1, -0.05) is 40.2 Å². The molecular formula is C15H18F4. The van der Waals surface area contributed by atoms with E-state index in [4.69, 9.17) is 0 Å². The minimum atomic E-state index is -1.40. The molecule has 0 aliphatic carbocycles. The van der Waals surface area contributed by atoms with Gasteiger partial charge < -0.3 is 0 Å². The van der Waals surface area contributed by atoms with E-state index in [1.165, 1.54) is 0 Å². The summed E-state index contributed by atoms with van der Waals surface area (Å²) >= 11 is 0. The molecule has 19 heavy (non-hydrogen) atoms. The fourth-order valence-corrected chi connectivity index (χ4v) is 1.95. The SMILES string of the molecule is C=C(c1c(F)c(F)cc(F)c1F)C(C)(C)CCCC. The second-order valence-electron chi connectivity index (χ2n) is 5.31. The maximum atomic E-state index is 13.7. The molecule has 4 heteroatoms. The van der Waals surface area contributed by atoms with Gasteiger partial charge in [0.2, 0.25) is 0 Å². The zero-order valence-corrected chi connectivity index (χ0v) is 11.4. The van der Waals surface area contributed by atoms with Crippen LogP contribution in [0, 0.1) is 28.7 Å². The Hall–Kier alpha value is -1.32. The summed E-state index contributed by atoms with van der Waals surface area (Å²) in [5.41, 5.74) is -1.23. The van der Waals surface area contributed by atoms with Gasteiger partial charge in [0, 0.05) is 6.07 Å². The second kappa shape index (κ2) is 5.76. The largest absolute Gasteiger partial charge is 0.204 e. The molecule has 0 heterocycles. The summed E-state index contributed by atoms with van der Waals surface area (Å²) in [7, 11) is 0. The van der Waals surface area contributed by atoms with Gasteiger partial charge in [-0.15, -0.1) is 0 Å². The molecule has 0 saturated heterocycles. The van der Waals surface area contributed by atoms with Crippen LogP contribution in [0.3, 0.4) is 0 Å². The smallest absolute Gasteiger partial charge is 0.169 e. The molecule has 0 bridgehead atoms. The Morgan fingerprint density at radius 1 is 1.11 bits per heavy atom. The van der Waals surface area contributed by atoms with Crippen LogP contribution in [-0.4, -0.2) is 0 Å². The van der Waals surface area contributed by atoms with Crippen LogP contribution in [0.4, 0.5) is 17.6 Å². The van der Waals surface area contributed by atoms with E-state index in [0.717, 1.165) is 12.8 Å². The molecule has 0 radical (unpaired) electrons. The molecule has 106 valence electrons. The van der Waals surface area contributed by atoms with Crippen molar-refractivity contribution in [1.82, 2.24) is 0 Å². The monoisotopic (exact) mass is 274 g/mol. The van der Waals surface area contributed by atoms with E-state index in [2.05, 4.69) is 6.58 Å². The summed E-state index contributed by atoms with van der Waals surface area (Å²) in [6.07, 6.45) is 2.39. The van der Waals surface area contributed by atoms with Gasteiger partial charge >= 0.3 is 0 Å². The first-order valence-electron chi connectivity index (χ1n) is 6.25. The molecular weight excluding hydrogens is 256 g/mol. The lowest BCUT2D eigenvalue weighted by Gasteiger charge is -2.28. The molecule has 0 saturated carbocycles. The van der Waals surface area contributed by atoms with Gasteiger partial charge in [0.25, 0.3) is 0 Å². The Morgan fingerprint density at radius 3 is 2.00 bits per heavy atom. The minimum Gasteiger partial charge on any atom is -0.204 e. The number of halogens is 4. The van der Waals surface area contributed by atoms with Crippen LogP contribution < -0.4 is 0 Å². The molecule has 0 aliphatic heterocycles. The van der Waals surface area contributed by atoms with E-state index in [0.29, 0.717) is 6.42 Å². The average Bonchev–Trinajstić information content (AvgIpc) is 2.34. The number of allylic oxidation sites excluding steroid dienone is 1. The summed E-state index contributed by atoms with van der Waals surface area (Å²) < 4.78 is 53.8. The standard InChI is InChI=1S/C15H18F4/c1-5-6-7-15(3,4)9(2)12-13(18)10(16)8-11(17)14(12)19/h8H,2,5-7H2,1,3-4H3. The molecule has 1 aromatic rings. The van der Waals surface area contributed by atoms with Crippen molar-refractivity contribution < 1.29 is 17.6 Å². The van der Waals surface area contributed by atoms with Crippen molar-refractivity contribution in [2.75, 3.05) is 0 Å². The average molecular weight is 274 g/mol. The van der Waals surface area contributed by atoms with Crippen LogP contribution in [0.25, 0.3) is 5.57 Å². The lowest BCUT2D eigenvalue weighted by Crippen LogP contribution is -2.16. The second-order valence-corrected chi connectivity index (χ2v) is 5.31. The van der Waals surface area contributed by atoms with Crippen molar-refractivity contribution in [3.8, 4) is 0 Å². The first-order valence-corrected chi connectivity index (χ1v) is 6.25. The maximum absolute atomic E-state index is 13.7. The Balaban J connectivity index is 3.27. The van der Waals surface area contributed by atoms with Crippen LogP contribution >= 0.6 is 0 Å². The van der Waals surface area contributed by atoms with Crippen LogP contribution in [0.2, 0.25) is 0 Å². The predicted octanol–water partition coefficient (Wildman–Crippen LogP) is 5.47. The van der Waals surface area contributed by atoms with Crippen LogP contribution in [-0.2, 0) is 0 Å². The zero-order valence-electron chi connectivity index (χ0n) is 11.4. The third-order valence-corrected chi connectivity index (χ3v) is 3.39. The van der Waals surface area contributed by atoms with Crippen molar-refractivity contribution in [3.63, 3.8) is 0 Å². The minimum absolute atomic E-state index is 0.0781. The quantitative estimate of drug-likeness (QED) is 0.493. The van der Waals surface area contributed by atoms with E-state index in [1.54, 1.807) is 13.8 Å². The molecule has 0 aliphatic rings.